The number of aromatic nitrogens is 4. The largest absolute Gasteiger partial charge is 0.311 e. The summed E-state index contributed by atoms with van der Waals surface area (Å²) in [5.74, 6) is 1.88. The normalized spacial score (nSPS) is 11.3. The molecule has 2 heterocycles. The zero-order chi connectivity index (χ0) is 36.6. The molecule has 0 aliphatic rings. The lowest BCUT2D eigenvalue weighted by molar-refractivity contribution is 1.07. The van der Waals surface area contributed by atoms with Gasteiger partial charge in [0.05, 0.1) is 11.2 Å². The van der Waals surface area contributed by atoms with Crippen LogP contribution in [0.2, 0.25) is 0 Å². The Balaban J connectivity index is 1.14. The second-order valence-corrected chi connectivity index (χ2v) is 13.5. The molecule has 10 rings (SSSR count). The van der Waals surface area contributed by atoms with Crippen LogP contribution in [0.3, 0.4) is 0 Å². The van der Waals surface area contributed by atoms with Gasteiger partial charge in [-0.15, -0.1) is 0 Å². The minimum Gasteiger partial charge on any atom is -0.311 e. The van der Waals surface area contributed by atoms with E-state index in [-0.39, 0.29) is 0 Å². The Morgan fingerprint density at radius 2 is 0.800 bits per heavy atom. The number of benzene rings is 8. The summed E-state index contributed by atoms with van der Waals surface area (Å²) >= 11 is 0. The quantitative estimate of drug-likeness (QED) is 0.155. The van der Waals surface area contributed by atoms with Gasteiger partial charge in [-0.25, -0.2) is 19.9 Å². The first-order chi connectivity index (χ1) is 27.3. The van der Waals surface area contributed by atoms with E-state index in [1.165, 1.54) is 10.8 Å². The molecule has 0 fully saturated rings. The molecule has 0 aliphatic carbocycles. The number of rotatable bonds is 7. The summed E-state index contributed by atoms with van der Waals surface area (Å²) in [7, 11) is 0. The molecule has 0 saturated carbocycles. The van der Waals surface area contributed by atoms with Gasteiger partial charge in [-0.3, -0.25) is 0 Å². The van der Waals surface area contributed by atoms with Gasteiger partial charge in [0.15, 0.2) is 17.5 Å². The Labute approximate surface area is 318 Å². The van der Waals surface area contributed by atoms with E-state index in [0.717, 1.165) is 66.7 Å². The fourth-order valence-electron chi connectivity index (χ4n) is 7.44. The number of para-hydroxylation sites is 2. The highest BCUT2D eigenvalue weighted by molar-refractivity contribution is 6.22. The standard InChI is InChI=1S/C50H33N5/c1-5-16-36(17-6-1)48-52-49(37-18-7-2-8-19-37)54-50(53-48)38-28-32-45-44(33-38)46-42-24-14-13-15-34(42)27-31-43(46)47(51-45)35-25-29-41(30-26-35)55(39-20-9-3-10-21-39)40-22-11-4-12-23-40/h1-33H. The fraction of sp³-hybridized carbons (Fsp3) is 0. The van der Waals surface area contributed by atoms with Crippen LogP contribution in [-0.4, -0.2) is 19.9 Å². The third-order valence-corrected chi connectivity index (χ3v) is 10.1. The van der Waals surface area contributed by atoms with E-state index in [2.05, 4.69) is 132 Å². The van der Waals surface area contributed by atoms with Gasteiger partial charge >= 0.3 is 0 Å². The first kappa shape index (κ1) is 32.2. The van der Waals surface area contributed by atoms with Crippen LogP contribution < -0.4 is 4.90 Å². The van der Waals surface area contributed by atoms with Crippen molar-refractivity contribution in [1.82, 2.24) is 19.9 Å². The highest BCUT2D eigenvalue weighted by Crippen LogP contribution is 2.40. The summed E-state index contributed by atoms with van der Waals surface area (Å²) in [5, 5.41) is 5.64. The number of hydrogen-bond donors (Lipinski definition) is 0. The van der Waals surface area contributed by atoms with E-state index < -0.39 is 0 Å². The van der Waals surface area contributed by atoms with Gasteiger partial charge < -0.3 is 4.90 Å². The van der Waals surface area contributed by atoms with Gasteiger partial charge in [-0.05, 0) is 65.4 Å². The summed E-state index contributed by atoms with van der Waals surface area (Å²) < 4.78 is 0. The van der Waals surface area contributed by atoms with Crippen molar-refractivity contribution in [1.29, 1.82) is 0 Å². The Morgan fingerprint density at radius 3 is 1.40 bits per heavy atom. The number of anilines is 3. The molecular weight excluding hydrogens is 671 g/mol. The van der Waals surface area contributed by atoms with Crippen LogP contribution in [0, 0.1) is 0 Å². The number of fused-ring (bicyclic) bond motifs is 5. The van der Waals surface area contributed by atoms with Crippen molar-refractivity contribution in [3.05, 3.63) is 200 Å². The molecule has 258 valence electrons. The molecular formula is C50H33N5. The molecule has 0 amide bonds. The molecule has 0 N–H and O–H groups in total. The predicted octanol–water partition coefficient (Wildman–Crippen LogP) is 12.9. The second kappa shape index (κ2) is 13.8. The lowest BCUT2D eigenvalue weighted by Crippen LogP contribution is -2.09. The Kier molecular flexibility index (Phi) is 8.08. The van der Waals surface area contributed by atoms with E-state index in [1.807, 2.05) is 72.8 Å². The topological polar surface area (TPSA) is 54.8 Å². The van der Waals surface area contributed by atoms with Crippen LogP contribution in [0.4, 0.5) is 17.1 Å². The van der Waals surface area contributed by atoms with Gasteiger partial charge in [0, 0.05) is 55.5 Å². The molecule has 2 aromatic heterocycles. The maximum atomic E-state index is 5.37. The van der Waals surface area contributed by atoms with Crippen LogP contribution in [0.5, 0.6) is 0 Å². The van der Waals surface area contributed by atoms with Gasteiger partial charge in [0.2, 0.25) is 0 Å². The Bertz CT molecular complexity index is 2850. The van der Waals surface area contributed by atoms with E-state index >= 15 is 0 Å². The van der Waals surface area contributed by atoms with Crippen molar-refractivity contribution in [2.45, 2.75) is 0 Å². The lowest BCUT2D eigenvalue weighted by atomic mass is 9.94. The van der Waals surface area contributed by atoms with E-state index in [1.54, 1.807) is 0 Å². The first-order valence-corrected chi connectivity index (χ1v) is 18.4. The first-order valence-electron chi connectivity index (χ1n) is 18.4. The van der Waals surface area contributed by atoms with Crippen molar-refractivity contribution in [3.63, 3.8) is 0 Å². The maximum absolute atomic E-state index is 5.37. The molecule has 5 nitrogen and oxygen atoms in total. The van der Waals surface area contributed by atoms with Gasteiger partial charge in [0.1, 0.15) is 0 Å². The van der Waals surface area contributed by atoms with Crippen molar-refractivity contribution >= 4 is 49.5 Å². The molecule has 0 unspecified atom stereocenters. The summed E-state index contributed by atoms with van der Waals surface area (Å²) in [4.78, 5) is 22.6. The molecule has 5 heteroatoms. The minimum absolute atomic E-state index is 0.615. The highest BCUT2D eigenvalue weighted by Gasteiger charge is 2.18. The van der Waals surface area contributed by atoms with Crippen molar-refractivity contribution < 1.29 is 0 Å². The third kappa shape index (κ3) is 6.04. The summed E-state index contributed by atoms with van der Waals surface area (Å²) in [6.45, 7) is 0. The maximum Gasteiger partial charge on any atom is 0.164 e. The molecule has 0 spiro atoms. The average Bonchev–Trinajstić information content (AvgIpc) is 3.27. The van der Waals surface area contributed by atoms with Crippen LogP contribution in [0.15, 0.2) is 200 Å². The van der Waals surface area contributed by atoms with Crippen molar-refractivity contribution in [2.24, 2.45) is 0 Å². The fourth-order valence-corrected chi connectivity index (χ4v) is 7.44. The number of pyridine rings is 1. The smallest absolute Gasteiger partial charge is 0.164 e. The van der Waals surface area contributed by atoms with Crippen LogP contribution in [0.1, 0.15) is 0 Å². The molecule has 0 aliphatic heterocycles. The minimum atomic E-state index is 0.615. The molecule has 0 bridgehead atoms. The molecule has 55 heavy (non-hydrogen) atoms. The summed E-state index contributed by atoms with van der Waals surface area (Å²) in [5.41, 5.74) is 8.95. The monoisotopic (exact) mass is 703 g/mol. The predicted molar refractivity (Wildman–Crippen MR) is 227 cm³/mol. The SMILES string of the molecule is c1ccc(-c2nc(-c3ccccc3)nc(-c3ccc4nc(-c5ccc(N(c6ccccc6)c6ccccc6)cc5)c5ccc6ccccc6c5c4c3)n2)cc1. The molecule has 10 aromatic rings. The molecule has 8 aromatic carbocycles. The third-order valence-electron chi connectivity index (χ3n) is 10.1. The van der Waals surface area contributed by atoms with E-state index in [9.17, 15) is 0 Å². The second-order valence-electron chi connectivity index (χ2n) is 13.5. The van der Waals surface area contributed by atoms with Gasteiger partial charge in [-0.1, -0.05) is 146 Å². The number of hydrogen-bond acceptors (Lipinski definition) is 5. The molecule has 0 radical (unpaired) electrons. The van der Waals surface area contributed by atoms with Crippen LogP contribution >= 0.6 is 0 Å². The number of nitrogens with zero attached hydrogens (tertiary/aromatic N) is 5. The van der Waals surface area contributed by atoms with Gasteiger partial charge in [0.25, 0.3) is 0 Å². The van der Waals surface area contributed by atoms with Gasteiger partial charge in [-0.2, -0.15) is 0 Å². The Hall–Kier alpha value is -7.50. The molecule has 0 saturated heterocycles. The zero-order valence-corrected chi connectivity index (χ0v) is 29.8. The van der Waals surface area contributed by atoms with Crippen LogP contribution in [0.25, 0.3) is 77.9 Å². The summed E-state index contributed by atoms with van der Waals surface area (Å²) in [6, 6.07) is 69.2. The van der Waals surface area contributed by atoms with Crippen molar-refractivity contribution in [2.75, 3.05) is 4.90 Å². The van der Waals surface area contributed by atoms with Crippen molar-refractivity contribution in [3.8, 4) is 45.4 Å². The average molecular weight is 704 g/mol. The Morgan fingerprint density at radius 1 is 0.309 bits per heavy atom. The zero-order valence-electron chi connectivity index (χ0n) is 29.8. The summed E-state index contributed by atoms with van der Waals surface area (Å²) in [6.07, 6.45) is 0. The van der Waals surface area contributed by atoms with Crippen LogP contribution in [-0.2, 0) is 0 Å². The molecule has 0 atom stereocenters. The van der Waals surface area contributed by atoms with E-state index in [0.29, 0.717) is 17.5 Å². The highest BCUT2D eigenvalue weighted by atomic mass is 15.1. The lowest BCUT2D eigenvalue weighted by Gasteiger charge is -2.25. The van der Waals surface area contributed by atoms with E-state index in [4.69, 9.17) is 19.9 Å².